The Hall–Kier alpha value is -2.62. The number of nitrogens with zero attached hydrogens (tertiary/aromatic N) is 1. The summed E-state index contributed by atoms with van der Waals surface area (Å²) in [5.74, 6) is 0.314. The summed E-state index contributed by atoms with van der Waals surface area (Å²) in [5.41, 5.74) is 3.09. The molecule has 4 nitrogen and oxygen atoms in total. The largest absolute Gasteiger partial charge is 0.339 e. The second-order valence-corrected chi connectivity index (χ2v) is 7.16. The molecular weight excluding hydrogens is 324 g/mol. The molecule has 0 radical (unpaired) electrons. The lowest BCUT2D eigenvalue weighted by molar-refractivity contribution is 0.0724. The summed E-state index contributed by atoms with van der Waals surface area (Å²) in [5, 5.41) is 2.90. The molecule has 2 amide bonds. The molecule has 0 aromatic heterocycles. The van der Waals surface area contributed by atoms with Gasteiger partial charge in [-0.15, -0.1) is 0 Å². The molecule has 1 aliphatic rings. The first-order valence-electron chi connectivity index (χ1n) is 9.35. The van der Waals surface area contributed by atoms with Crippen molar-refractivity contribution >= 4 is 17.5 Å². The number of likely N-dealkylation sites (tertiary alicyclic amines) is 1. The maximum atomic E-state index is 12.6. The SMILES string of the molecule is CC(C)c1ccc(C(=O)Nc2cccc(C(=O)N3CCCCC3)c2)cc1. The van der Waals surface area contributed by atoms with Crippen LogP contribution in [0, 0.1) is 0 Å². The van der Waals surface area contributed by atoms with E-state index in [0.717, 1.165) is 25.9 Å². The van der Waals surface area contributed by atoms with E-state index >= 15 is 0 Å². The van der Waals surface area contributed by atoms with Crippen molar-refractivity contribution in [2.75, 3.05) is 18.4 Å². The van der Waals surface area contributed by atoms with Crippen LogP contribution in [0.3, 0.4) is 0 Å². The van der Waals surface area contributed by atoms with Gasteiger partial charge in [0, 0.05) is 29.9 Å². The van der Waals surface area contributed by atoms with Gasteiger partial charge in [0.1, 0.15) is 0 Å². The van der Waals surface area contributed by atoms with Gasteiger partial charge in [-0.25, -0.2) is 0 Å². The minimum atomic E-state index is -0.164. The lowest BCUT2D eigenvalue weighted by Gasteiger charge is -2.26. The molecule has 0 bridgehead atoms. The van der Waals surface area contributed by atoms with Gasteiger partial charge in [-0.05, 0) is 61.1 Å². The molecule has 136 valence electrons. The Labute approximate surface area is 155 Å². The van der Waals surface area contributed by atoms with Gasteiger partial charge < -0.3 is 10.2 Å². The molecular formula is C22H26N2O2. The molecule has 2 aromatic rings. The molecule has 2 aromatic carbocycles. The van der Waals surface area contributed by atoms with Crippen molar-refractivity contribution in [2.24, 2.45) is 0 Å². The van der Waals surface area contributed by atoms with Crippen molar-refractivity contribution in [3.63, 3.8) is 0 Å². The van der Waals surface area contributed by atoms with Gasteiger partial charge in [0.05, 0.1) is 0 Å². The Balaban J connectivity index is 1.69. The quantitative estimate of drug-likeness (QED) is 0.870. The van der Waals surface area contributed by atoms with Crippen molar-refractivity contribution in [3.8, 4) is 0 Å². The number of hydrogen-bond acceptors (Lipinski definition) is 2. The summed E-state index contributed by atoms with van der Waals surface area (Å²) in [6, 6.07) is 14.8. The van der Waals surface area contributed by atoms with Gasteiger partial charge in [0.2, 0.25) is 0 Å². The highest BCUT2D eigenvalue weighted by Crippen LogP contribution is 2.18. The highest BCUT2D eigenvalue weighted by Gasteiger charge is 2.18. The Morgan fingerprint density at radius 1 is 0.923 bits per heavy atom. The number of anilines is 1. The van der Waals surface area contributed by atoms with Gasteiger partial charge in [0.25, 0.3) is 11.8 Å². The third-order valence-corrected chi connectivity index (χ3v) is 4.85. The van der Waals surface area contributed by atoms with E-state index in [2.05, 4.69) is 19.2 Å². The standard InChI is InChI=1S/C22H26N2O2/c1-16(2)17-9-11-18(12-10-17)21(25)23-20-8-6-7-19(15-20)22(26)24-13-4-3-5-14-24/h6-12,15-16H,3-5,13-14H2,1-2H3,(H,23,25). The second kappa shape index (κ2) is 8.17. The van der Waals surface area contributed by atoms with E-state index in [0.29, 0.717) is 22.7 Å². The second-order valence-electron chi connectivity index (χ2n) is 7.16. The number of piperidine rings is 1. The van der Waals surface area contributed by atoms with Crippen LogP contribution in [0.4, 0.5) is 5.69 Å². The van der Waals surface area contributed by atoms with Crippen molar-refractivity contribution in [1.29, 1.82) is 0 Å². The van der Waals surface area contributed by atoms with Crippen molar-refractivity contribution < 1.29 is 9.59 Å². The Kier molecular flexibility index (Phi) is 5.71. The molecule has 0 spiro atoms. The molecule has 0 unspecified atom stereocenters. The van der Waals surface area contributed by atoms with Gasteiger partial charge in [0.15, 0.2) is 0 Å². The van der Waals surface area contributed by atoms with E-state index in [1.807, 2.05) is 47.4 Å². The van der Waals surface area contributed by atoms with Crippen LogP contribution < -0.4 is 5.32 Å². The Morgan fingerprint density at radius 3 is 2.27 bits per heavy atom. The summed E-state index contributed by atoms with van der Waals surface area (Å²) in [6.07, 6.45) is 3.32. The number of hydrogen-bond donors (Lipinski definition) is 1. The van der Waals surface area contributed by atoms with E-state index < -0.39 is 0 Å². The van der Waals surface area contributed by atoms with Crippen molar-refractivity contribution in [3.05, 3.63) is 65.2 Å². The summed E-state index contributed by atoms with van der Waals surface area (Å²) >= 11 is 0. The molecule has 4 heteroatoms. The molecule has 0 aliphatic carbocycles. The maximum Gasteiger partial charge on any atom is 0.255 e. The first-order valence-corrected chi connectivity index (χ1v) is 9.35. The topological polar surface area (TPSA) is 49.4 Å². The maximum absolute atomic E-state index is 12.6. The third kappa shape index (κ3) is 4.31. The average Bonchev–Trinajstić information content (AvgIpc) is 2.68. The Bertz CT molecular complexity index is 775. The van der Waals surface area contributed by atoms with E-state index in [-0.39, 0.29) is 11.8 Å². The molecule has 0 atom stereocenters. The predicted molar refractivity (Wildman–Crippen MR) is 105 cm³/mol. The lowest BCUT2D eigenvalue weighted by Crippen LogP contribution is -2.35. The summed E-state index contributed by atoms with van der Waals surface area (Å²) in [6.45, 7) is 5.88. The number of carbonyl (C=O) groups excluding carboxylic acids is 2. The van der Waals surface area contributed by atoms with Crippen LogP contribution in [0.2, 0.25) is 0 Å². The molecule has 1 aliphatic heterocycles. The lowest BCUT2D eigenvalue weighted by atomic mass is 10.0. The molecule has 1 saturated heterocycles. The molecule has 3 rings (SSSR count). The normalized spacial score (nSPS) is 14.3. The van der Waals surface area contributed by atoms with Crippen LogP contribution >= 0.6 is 0 Å². The first-order chi connectivity index (χ1) is 12.5. The minimum Gasteiger partial charge on any atom is -0.339 e. The summed E-state index contributed by atoms with van der Waals surface area (Å²) < 4.78 is 0. The van der Waals surface area contributed by atoms with Crippen molar-refractivity contribution in [2.45, 2.75) is 39.0 Å². The van der Waals surface area contributed by atoms with Crippen LogP contribution in [-0.4, -0.2) is 29.8 Å². The highest BCUT2D eigenvalue weighted by molar-refractivity contribution is 6.05. The molecule has 26 heavy (non-hydrogen) atoms. The predicted octanol–water partition coefficient (Wildman–Crippen LogP) is 4.69. The fourth-order valence-corrected chi connectivity index (χ4v) is 3.23. The molecule has 1 fully saturated rings. The summed E-state index contributed by atoms with van der Waals surface area (Å²) in [7, 11) is 0. The van der Waals surface area contributed by atoms with E-state index in [1.54, 1.807) is 6.07 Å². The van der Waals surface area contributed by atoms with Crippen LogP contribution in [0.5, 0.6) is 0 Å². The third-order valence-electron chi connectivity index (χ3n) is 4.85. The van der Waals surface area contributed by atoms with Crippen LogP contribution in [0.1, 0.15) is 65.3 Å². The monoisotopic (exact) mass is 350 g/mol. The van der Waals surface area contributed by atoms with Gasteiger partial charge in [-0.1, -0.05) is 32.0 Å². The zero-order valence-corrected chi connectivity index (χ0v) is 15.5. The highest BCUT2D eigenvalue weighted by atomic mass is 16.2. The number of carbonyl (C=O) groups is 2. The van der Waals surface area contributed by atoms with Crippen LogP contribution in [0.25, 0.3) is 0 Å². The zero-order valence-electron chi connectivity index (χ0n) is 15.5. The zero-order chi connectivity index (χ0) is 18.5. The fraction of sp³-hybridized carbons (Fsp3) is 0.364. The molecule has 1 N–H and O–H groups in total. The van der Waals surface area contributed by atoms with Crippen LogP contribution in [-0.2, 0) is 0 Å². The molecule has 1 heterocycles. The van der Waals surface area contributed by atoms with Crippen molar-refractivity contribution in [1.82, 2.24) is 4.90 Å². The smallest absolute Gasteiger partial charge is 0.255 e. The fourth-order valence-electron chi connectivity index (χ4n) is 3.23. The first kappa shape index (κ1) is 18.2. The number of benzene rings is 2. The number of rotatable bonds is 4. The van der Waals surface area contributed by atoms with Gasteiger partial charge in [-0.3, -0.25) is 9.59 Å². The van der Waals surface area contributed by atoms with E-state index in [4.69, 9.17) is 0 Å². The Morgan fingerprint density at radius 2 is 1.62 bits per heavy atom. The average molecular weight is 350 g/mol. The summed E-state index contributed by atoms with van der Waals surface area (Å²) in [4.78, 5) is 27.0. The van der Waals surface area contributed by atoms with E-state index in [1.165, 1.54) is 12.0 Å². The molecule has 0 saturated carbocycles. The minimum absolute atomic E-state index is 0.0436. The van der Waals surface area contributed by atoms with E-state index in [9.17, 15) is 9.59 Å². The van der Waals surface area contributed by atoms with Crippen LogP contribution in [0.15, 0.2) is 48.5 Å². The number of nitrogens with one attached hydrogen (secondary N) is 1. The van der Waals surface area contributed by atoms with Gasteiger partial charge >= 0.3 is 0 Å². The number of amides is 2. The van der Waals surface area contributed by atoms with Gasteiger partial charge in [-0.2, -0.15) is 0 Å².